The summed E-state index contributed by atoms with van der Waals surface area (Å²) in [5.74, 6) is 0. The van der Waals surface area contributed by atoms with E-state index >= 15 is 0 Å². The van der Waals surface area contributed by atoms with E-state index in [1.54, 1.807) is 11.3 Å². The van der Waals surface area contributed by atoms with Crippen LogP contribution in [0.4, 0.5) is 4.79 Å². The zero-order valence-electron chi connectivity index (χ0n) is 15.5. The fourth-order valence-corrected chi connectivity index (χ4v) is 4.68. The number of pyridine rings is 1. The van der Waals surface area contributed by atoms with Crippen molar-refractivity contribution in [2.75, 3.05) is 26.2 Å². The number of carbonyl (C=O) groups is 1. The smallest absolute Gasteiger partial charge is 0.317 e. The molecule has 0 atom stereocenters. The van der Waals surface area contributed by atoms with Crippen LogP contribution in [0.5, 0.6) is 0 Å². The van der Waals surface area contributed by atoms with Crippen LogP contribution in [0.3, 0.4) is 0 Å². The Morgan fingerprint density at radius 1 is 1.19 bits per heavy atom. The second-order valence-corrected chi connectivity index (χ2v) is 8.37. The number of nitrogens with one attached hydrogen (secondary N) is 2. The van der Waals surface area contributed by atoms with Gasteiger partial charge in [-0.15, -0.1) is 11.3 Å². The van der Waals surface area contributed by atoms with Gasteiger partial charge in [0.2, 0.25) is 0 Å². The normalized spacial score (nSPS) is 17.6. The Balaban J connectivity index is 1.30. The number of aryl methyl sites for hydroxylation is 2. The third kappa shape index (κ3) is 4.42. The molecule has 3 heterocycles. The van der Waals surface area contributed by atoms with Crippen LogP contribution in [0.1, 0.15) is 34.5 Å². The Morgan fingerprint density at radius 2 is 2.11 bits per heavy atom. The molecule has 7 heteroatoms. The predicted molar refractivity (Wildman–Crippen MR) is 107 cm³/mol. The highest BCUT2D eigenvalue weighted by Crippen LogP contribution is 2.19. The minimum Gasteiger partial charge on any atom is -0.334 e. The minimum atomic E-state index is -0.0760. The molecule has 2 aromatic heterocycles. The Morgan fingerprint density at radius 3 is 2.96 bits per heavy atom. The topological polar surface area (TPSA) is 68.4 Å². The molecule has 2 amide bonds. The maximum absolute atomic E-state index is 12.6. The zero-order valence-corrected chi connectivity index (χ0v) is 16.3. The largest absolute Gasteiger partial charge is 0.334 e. The molecule has 4 rings (SSSR count). The Hall–Kier alpha value is -2.12. The van der Waals surface area contributed by atoms with Crippen LogP contribution in [0.25, 0.3) is 0 Å². The van der Waals surface area contributed by atoms with Gasteiger partial charge in [0.15, 0.2) is 0 Å². The first kappa shape index (κ1) is 18.3. The summed E-state index contributed by atoms with van der Waals surface area (Å²) < 4.78 is 0. The first-order chi connectivity index (χ1) is 13.2. The third-order valence-corrected chi connectivity index (χ3v) is 6.29. The van der Waals surface area contributed by atoms with Crippen LogP contribution in [-0.4, -0.2) is 47.0 Å². The first-order valence-corrected chi connectivity index (χ1v) is 10.6. The Bertz CT molecular complexity index is 846. The monoisotopic (exact) mass is 386 g/mol. The lowest BCUT2D eigenvalue weighted by atomic mass is 10.1. The summed E-state index contributed by atoms with van der Waals surface area (Å²) in [6, 6.07) is 6.13. The number of hydrogen-bond donors (Lipinski definition) is 2. The average molecular weight is 387 g/mol. The lowest BCUT2D eigenvalue weighted by molar-refractivity contribution is 0.197. The Kier molecular flexibility index (Phi) is 5.59. The number of carbonyl (C=O) groups excluding carboxylic acids is 1. The highest BCUT2D eigenvalue weighted by atomic mass is 32.1. The van der Waals surface area contributed by atoms with E-state index < -0.39 is 0 Å². The van der Waals surface area contributed by atoms with Gasteiger partial charge in [0.05, 0.1) is 0 Å². The van der Waals surface area contributed by atoms with E-state index in [0.717, 1.165) is 64.1 Å². The van der Waals surface area contributed by atoms with Crippen molar-refractivity contribution in [3.63, 3.8) is 0 Å². The molecule has 2 N–H and O–H groups in total. The standard InChI is InChI=1S/C20H26N4O2S/c25-19-16(12-15-4-1-6-18(15)22-19)13-21-20(26)24-8-3-7-23(9-10-24)14-17-5-2-11-27-17/h2,5,11-12H,1,3-4,6-10,13-14H2,(H,21,26)(H,22,25). The molecule has 0 unspecified atom stereocenters. The highest BCUT2D eigenvalue weighted by molar-refractivity contribution is 7.09. The van der Waals surface area contributed by atoms with Crippen LogP contribution < -0.4 is 10.9 Å². The van der Waals surface area contributed by atoms with Crippen molar-refractivity contribution < 1.29 is 4.79 Å². The van der Waals surface area contributed by atoms with Gasteiger partial charge < -0.3 is 15.2 Å². The van der Waals surface area contributed by atoms with Gasteiger partial charge in [0.25, 0.3) is 5.56 Å². The van der Waals surface area contributed by atoms with Crippen molar-refractivity contribution in [3.05, 3.63) is 55.6 Å². The quantitative estimate of drug-likeness (QED) is 0.848. The number of thiophene rings is 1. The van der Waals surface area contributed by atoms with Gasteiger partial charge in [-0.3, -0.25) is 9.69 Å². The van der Waals surface area contributed by atoms with Crippen LogP contribution >= 0.6 is 11.3 Å². The predicted octanol–water partition coefficient (Wildman–Crippen LogP) is 2.34. The molecule has 0 spiro atoms. The van der Waals surface area contributed by atoms with Crippen molar-refractivity contribution in [2.45, 2.75) is 38.8 Å². The number of hydrogen-bond acceptors (Lipinski definition) is 4. The molecule has 6 nitrogen and oxygen atoms in total. The van der Waals surface area contributed by atoms with Crippen molar-refractivity contribution in [3.8, 4) is 0 Å². The van der Waals surface area contributed by atoms with Gasteiger partial charge in [0, 0.05) is 55.4 Å². The number of aromatic amines is 1. The average Bonchev–Trinajstić information content (AvgIpc) is 3.27. The van der Waals surface area contributed by atoms with Gasteiger partial charge in [-0.1, -0.05) is 6.07 Å². The molecule has 1 saturated heterocycles. The van der Waals surface area contributed by atoms with E-state index in [1.165, 1.54) is 10.4 Å². The van der Waals surface area contributed by atoms with E-state index in [9.17, 15) is 9.59 Å². The van der Waals surface area contributed by atoms with Crippen LogP contribution in [0, 0.1) is 0 Å². The minimum absolute atomic E-state index is 0.0751. The van der Waals surface area contributed by atoms with Gasteiger partial charge >= 0.3 is 6.03 Å². The van der Waals surface area contributed by atoms with Gasteiger partial charge in [0.1, 0.15) is 0 Å². The summed E-state index contributed by atoms with van der Waals surface area (Å²) in [4.78, 5) is 33.4. The summed E-state index contributed by atoms with van der Waals surface area (Å²) in [5.41, 5.74) is 2.86. The van der Waals surface area contributed by atoms with E-state index in [-0.39, 0.29) is 18.1 Å². The number of fused-ring (bicyclic) bond motifs is 1. The molecule has 1 aliphatic carbocycles. The van der Waals surface area contributed by atoms with Gasteiger partial charge in [-0.05, 0) is 48.8 Å². The third-order valence-electron chi connectivity index (χ3n) is 5.43. The van der Waals surface area contributed by atoms with Gasteiger partial charge in [-0.25, -0.2) is 4.79 Å². The lowest BCUT2D eigenvalue weighted by Crippen LogP contribution is -2.42. The SMILES string of the molecule is O=C(NCc1cc2c([nH]c1=O)CCC2)N1CCCN(Cc2cccs2)CC1. The molecule has 27 heavy (non-hydrogen) atoms. The second-order valence-electron chi connectivity index (χ2n) is 7.34. The fourth-order valence-electron chi connectivity index (χ4n) is 3.93. The molecular formula is C20H26N4O2S. The molecule has 144 valence electrons. The van der Waals surface area contributed by atoms with E-state index in [0.29, 0.717) is 5.56 Å². The van der Waals surface area contributed by atoms with E-state index in [1.807, 2.05) is 11.0 Å². The molecule has 1 fully saturated rings. The van der Waals surface area contributed by atoms with Crippen LogP contribution in [0.2, 0.25) is 0 Å². The molecule has 0 radical (unpaired) electrons. The molecule has 0 bridgehead atoms. The molecule has 2 aromatic rings. The van der Waals surface area contributed by atoms with Gasteiger partial charge in [-0.2, -0.15) is 0 Å². The number of aromatic nitrogens is 1. The number of nitrogens with zero attached hydrogens (tertiary/aromatic N) is 2. The lowest BCUT2D eigenvalue weighted by Gasteiger charge is -2.22. The number of amides is 2. The van der Waals surface area contributed by atoms with E-state index in [2.05, 4.69) is 32.7 Å². The molecular weight excluding hydrogens is 360 g/mol. The molecule has 2 aliphatic rings. The summed E-state index contributed by atoms with van der Waals surface area (Å²) in [5, 5.41) is 5.04. The van der Waals surface area contributed by atoms with Crippen LogP contribution in [0.15, 0.2) is 28.4 Å². The maximum atomic E-state index is 12.6. The number of H-pyrrole nitrogens is 1. The molecule has 1 aliphatic heterocycles. The zero-order chi connectivity index (χ0) is 18.6. The summed E-state index contributed by atoms with van der Waals surface area (Å²) >= 11 is 1.78. The maximum Gasteiger partial charge on any atom is 0.317 e. The summed E-state index contributed by atoms with van der Waals surface area (Å²) in [6.07, 6.45) is 4.03. The highest BCUT2D eigenvalue weighted by Gasteiger charge is 2.20. The van der Waals surface area contributed by atoms with Crippen molar-refractivity contribution in [1.29, 1.82) is 0 Å². The van der Waals surface area contributed by atoms with Crippen molar-refractivity contribution >= 4 is 17.4 Å². The van der Waals surface area contributed by atoms with Crippen molar-refractivity contribution in [2.24, 2.45) is 0 Å². The van der Waals surface area contributed by atoms with Crippen molar-refractivity contribution in [1.82, 2.24) is 20.1 Å². The number of rotatable bonds is 4. The summed E-state index contributed by atoms with van der Waals surface area (Å²) in [6.45, 7) is 4.61. The molecule has 0 saturated carbocycles. The second kappa shape index (κ2) is 8.27. The number of urea groups is 1. The Labute approximate surface area is 163 Å². The molecule has 0 aromatic carbocycles. The first-order valence-electron chi connectivity index (χ1n) is 9.70. The fraction of sp³-hybridized carbons (Fsp3) is 0.500. The summed E-state index contributed by atoms with van der Waals surface area (Å²) in [7, 11) is 0. The van der Waals surface area contributed by atoms with E-state index in [4.69, 9.17) is 0 Å². The van der Waals surface area contributed by atoms with Crippen LogP contribution in [-0.2, 0) is 25.9 Å².